The maximum Gasteiger partial charge on any atom is 0.238 e. The summed E-state index contributed by atoms with van der Waals surface area (Å²) in [6, 6.07) is 10.7. The van der Waals surface area contributed by atoms with E-state index in [1.165, 1.54) is 24.3 Å². The van der Waals surface area contributed by atoms with Crippen LogP contribution in [0, 0.1) is 5.82 Å². The van der Waals surface area contributed by atoms with Gasteiger partial charge in [-0.25, -0.2) is 17.9 Å². The molecule has 1 amide bonds. The van der Waals surface area contributed by atoms with E-state index < -0.39 is 15.8 Å². The molecule has 144 valence electrons. The van der Waals surface area contributed by atoms with E-state index in [0.717, 1.165) is 18.4 Å². The van der Waals surface area contributed by atoms with Crippen LogP contribution in [0.4, 0.5) is 4.39 Å². The van der Waals surface area contributed by atoms with E-state index in [0.29, 0.717) is 17.0 Å². The van der Waals surface area contributed by atoms with Crippen molar-refractivity contribution in [2.24, 2.45) is 5.14 Å². The van der Waals surface area contributed by atoms with Gasteiger partial charge in [0.05, 0.1) is 11.4 Å². The molecule has 3 rings (SSSR count). The molecule has 0 bridgehead atoms. The first kappa shape index (κ1) is 19.8. The highest BCUT2D eigenvalue weighted by Gasteiger charge is 2.33. The lowest BCUT2D eigenvalue weighted by Crippen LogP contribution is -2.33. The van der Waals surface area contributed by atoms with Crippen LogP contribution in [-0.2, 0) is 27.8 Å². The molecular formula is C19H20ClFN2O3S. The maximum absolute atomic E-state index is 14.1. The second kappa shape index (κ2) is 7.96. The van der Waals surface area contributed by atoms with Gasteiger partial charge in [-0.3, -0.25) is 4.79 Å². The molecule has 0 atom stereocenters. The van der Waals surface area contributed by atoms with E-state index in [4.69, 9.17) is 16.7 Å². The Morgan fingerprint density at radius 3 is 2.41 bits per heavy atom. The highest BCUT2D eigenvalue weighted by atomic mass is 35.5. The van der Waals surface area contributed by atoms with Crippen LogP contribution in [0.3, 0.4) is 0 Å². The lowest BCUT2D eigenvalue weighted by atomic mass is 10.1. The van der Waals surface area contributed by atoms with E-state index in [9.17, 15) is 17.6 Å². The zero-order chi connectivity index (χ0) is 19.6. The molecule has 0 heterocycles. The monoisotopic (exact) mass is 410 g/mol. The Bertz CT molecular complexity index is 924. The van der Waals surface area contributed by atoms with Gasteiger partial charge < -0.3 is 4.90 Å². The topological polar surface area (TPSA) is 80.5 Å². The fourth-order valence-corrected chi connectivity index (χ4v) is 3.64. The molecule has 0 spiro atoms. The first-order valence-corrected chi connectivity index (χ1v) is 10.5. The predicted octanol–water partition coefficient (Wildman–Crippen LogP) is 3.25. The number of carbonyl (C=O) groups excluding carboxylic acids is 1. The zero-order valence-corrected chi connectivity index (χ0v) is 16.1. The van der Waals surface area contributed by atoms with E-state index >= 15 is 0 Å². The number of hydrogen-bond acceptors (Lipinski definition) is 3. The Kier molecular flexibility index (Phi) is 5.83. The lowest BCUT2D eigenvalue weighted by molar-refractivity contribution is -0.132. The number of amides is 1. The van der Waals surface area contributed by atoms with Gasteiger partial charge in [0.25, 0.3) is 0 Å². The van der Waals surface area contributed by atoms with Crippen LogP contribution in [0.1, 0.15) is 30.4 Å². The molecule has 0 unspecified atom stereocenters. The van der Waals surface area contributed by atoms with Gasteiger partial charge in [-0.15, -0.1) is 0 Å². The van der Waals surface area contributed by atoms with Gasteiger partial charge in [0, 0.05) is 23.0 Å². The Labute approximate surface area is 163 Å². The molecule has 1 saturated carbocycles. The highest BCUT2D eigenvalue weighted by Crippen LogP contribution is 2.31. The Hall–Kier alpha value is -1.96. The largest absolute Gasteiger partial charge is 0.335 e. The van der Waals surface area contributed by atoms with Gasteiger partial charge in [0.15, 0.2) is 0 Å². The predicted molar refractivity (Wildman–Crippen MR) is 101 cm³/mol. The quantitative estimate of drug-likeness (QED) is 0.760. The zero-order valence-electron chi connectivity index (χ0n) is 14.6. The SMILES string of the molecule is NS(=O)(=O)c1ccc(CCC(=O)N(Cc2c(F)cccc2Cl)C2CC2)cc1. The fraction of sp³-hybridized carbons (Fsp3) is 0.316. The van der Waals surface area contributed by atoms with Crippen molar-refractivity contribution in [2.45, 2.75) is 43.2 Å². The molecule has 2 aromatic carbocycles. The summed E-state index contributed by atoms with van der Waals surface area (Å²) in [4.78, 5) is 14.4. The van der Waals surface area contributed by atoms with Crippen molar-refractivity contribution < 1.29 is 17.6 Å². The van der Waals surface area contributed by atoms with Gasteiger partial charge in [0.2, 0.25) is 15.9 Å². The summed E-state index contributed by atoms with van der Waals surface area (Å²) in [6.45, 7) is 0.152. The van der Waals surface area contributed by atoms with Crippen LogP contribution in [0.5, 0.6) is 0 Å². The van der Waals surface area contributed by atoms with Crippen molar-refractivity contribution in [3.63, 3.8) is 0 Å². The molecule has 2 N–H and O–H groups in total. The summed E-state index contributed by atoms with van der Waals surface area (Å²) in [7, 11) is -3.73. The summed E-state index contributed by atoms with van der Waals surface area (Å²) in [5.41, 5.74) is 1.16. The third-order valence-electron chi connectivity index (χ3n) is 4.58. The van der Waals surface area contributed by atoms with E-state index in [-0.39, 0.29) is 29.8 Å². The first-order chi connectivity index (χ1) is 12.8. The molecule has 1 aliphatic carbocycles. The number of carbonyl (C=O) groups is 1. The van der Waals surface area contributed by atoms with Gasteiger partial charge in [-0.2, -0.15) is 0 Å². The fourth-order valence-electron chi connectivity index (χ4n) is 2.90. The Morgan fingerprint density at radius 1 is 1.19 bits per heavy atom. The standard InChI is InChI=1S/C19H20ClFN2O3S/c20-17-2-1-3-18(21)16(17)12-23(14-7-8-14)19(24)11-6-13-4-9-15(10-5-13)27(22,25)26/h1-5,9-10,14H,6-8,11-12H2,(H2,22,25,26). The third kappa shape index (κ3) is 5.06. The molecule has 1 fully saturated rings. The number of halogens is 2. The molecule has 27 heavy (non-hydrogen) atoms. The van der Waals surface area contributed by atoms with Crippen LogP contribution in [0.2, 0.25) is 5.02 Å². The Morgan fingerprint density at radius 2 is 1.85 bits per heavy atom. The van der Waals surface area contributed by atoms with E-state index in [1.807, 2.05) is 0 Å². The first-order valence-electron chi connectivity index (χ1n) is 8.60. The van der Waals surface area contributed by atoms with Crippen molar-refractivity contribution in [2.75, 3.05) is 0 Å². The summed E-state index contributed by atoms with van der Waals surface area (Å²) >= 11 is 6.09. The molecule has 5 nitrogen and oxygen atoms in total. The number of hydrogen-bond donors (Lipinski definition) is 1. The molecule has 0 saturated heterocycles. The normalized spacial score (nSPS) is 14.2. The summed E-state index contributed by atoms with van der Waals surface area (Å²) in [6.07, 6.45) is 2.51. The van der Waals surface area contributed by atoms with Crippen molar-refractivity contribution in [3.05, 3.63) is 64.4 Å². The van der Waals surface area contributed by atoms with Crippen LogP contribution in [0.25, 0.3) is 0 Å². The van der Waals surface area contributed by atoms with Gasteiger partial charge >= 0.3 is 0 Å². The van der Waals surface area contributed by atoms with Crippen molar-refractivity contribution >= 4 is 27.5 Å². The molecule has 0 radical (unpaired) electrons. The Balaban J connectivity index is 1.66. The maximum atomic E-state index is 14.1. The molecule has 8 heteroatoms. The van der Waals surface area contributed by atoms with Crippen LogP contribution < -0.4 is 5.14 Å². The molecule has 0 aliphatic heterocycles. The molecular weight excluding hydrogens is 391 g/mol. The van der Waals surface area contributed by atoms with Crippen LogP contribution in [0.15, 0.2) is 47.4 Å². The number of nitrogens with zero attached hydrogens (tertiary/aromatic N) is 1. The second-order valence-corrected chi connectivity index (χ2v) is 8.61. The smallest absolute Gasteiger partial charge is 0.238 e. The van der Waals surface area contributed by atoms with Crippen molar-refractivity contribution in [1.29, 1.82) is 0 Å². The minimum absolute atomic E-state index is 0.0337. The summed E-state index contributed by atoms with van der Waals surface area (Å²) in [5.74, 6) is -0.494. The van der Waals surface area contributed by atoms with Crippen LogP contribution >= 0.6 is 11.6 Å². The number of benzene rings is 2. The average Bonchev–Trinajstić information content (AvgIpc) is 3.44. The highest BCUT2D eigenvalue weighted by molar-refractivity contribution is 7.89. The summed E-state index contributed by atoms with van der Waals surface area (Å²) < 4.78 is 36.6. The number of rotatable bonds is 7. The number of sulfonamides is 1. The van der Waals surface area contributed by atoms with E-state index in [2.05, 4.69) is 0 Å². The van der Waals surface area contributed by atoms with Gasteiger partial charge in [-0.1, -0.05) is 29.8 Å². The number of nitrogens with two attached hydrogens (primary N) is 1. The number of primary sulfonamides is 1. The third-order valence-corrected chi connectivity index (χ3v) is 5.86. The number of aryl methyl sites for hydroxylation is 1. The van der Waals surface area contributed by atoms with Crippen molar-refractivity contribution in [1.82, 2.24) is 4.90 Å². The molecule has 2 aromatic rings. The van der Waals surface area contributed by atoms with Crippen LogP contribution in [-0.4, -0.2) is 25.3 Å². The minimum atomic E-state index is -3.73. The summed E-state index contributed by atoms with van der Waals surface area (Å²) in [5, 5.41) is 5.39. The molecule has 1 aliphatic rings. The minimum Gasteiger partial charge on any atom is -0.335 e. The van der Waals surface area contributed by atoms with Crippen molar-refractivity contribution in [3.8, 4) is 0 Å². The second-order valence-electron chi connectivity index (χ2n) is 6.64. The molecule has 0 aromatic heterocycles. The lowest BCUT2D eigenvalue weighted by Gasteiger charge is -2.23. The average molecular weight is 411 g/mol. The van der Waals surface area contributed by atoms with Gasteiger partial charge in [0.1, 0.15) is 5.82 Å². The van der Waals surface area contributed by atoms with E-state index in [1.54, 1.807) is 23.1 Å². The van der Waals surface area contributed by atoms with Gasteiger partial charge in [-0.05, 0) is 49.1 Å².